The van der Waals surface area contributed by atoms with Gasteiger partial charge in [-0.25, -0.2) is 4.79 Å². The van der Waals surface area contributed by atoms with Crippen LogP contribution >= 0.6 is 0 Å². The van der Waals surface area contributed by atoms with Gasteiger partial charge in [-0.2, -0.15) is 4.98 Å². The van der Waals surface area contributed by atoms with Gasteiger partial charge in [0.2, 0.25) is 11.8 Å². The molecule has 0 radical (unpaired) electrons. The summed E-state index contributed by atoms with van der Waals surface area (Å²) in [6.45, 7) is 7.00. The van der Waals surface area contributed by atoms with Gasteiger partial charge in [-0.15, -0.1) is 0 Å². The van der Waals surface area contributed by atoms with Crippen LogP contribution in [-0.4, -0.2) is 46.1 Å². The summed E-state index contributed by atoms with van der Waals surface area (Å²) in [4.78, 5) is 29.8. The van der Waals surface area contributed by atoms with E-state index in [1.165, 1.54) is 0 Å². The minimum Gasteiger partial charge on any atom is -0.354 e. The van der Waals surface area contributed by atoms with Crippen molar-refractivity contribution in [2.45, 2.75) is 58.5 Å². The van der Waals surface area contributed by atoms with Crippen molar-refractivity contribution in [2.75, 3.05) is 13.1 Å². The Morgan fingerprint density at radius 2 is 2.22 bits per heavy atom. The van der Waals surface area contributed by atoms with E-state index < -0.39 is 0 Å². The first-order chi connectivity index (χ1) is 11.0. The van der Waals surface area contributed by atoms with E-state index in [4.69, 9.17) is 4.52 Å². The molecule has 8 heteroatoms. The number of carbonyl (C=O) groups excluding carboxylic acids is 2. The van der Waals surface area contributed by atoms with Crippen LogP contribution in [0.25, 0.3) is 0 Å². The molecule has 1 saturated heterocycles. The Morgan fingerprint density at radius 1 is 1.43 bits per heavy atom. The molecule has 3 amide bonds. The van der Waals surface area contributed by atoms with Gasteiger partial charge in [0.05, 0.1) is 6.04 Å². The third-order valence-electron chi connectivity index (χ3n) is 3.64. The van der Waals surface area contributed by atoms with E-state index in [0.29, 0.717) is 37.6 Å². The molecule has 1 unspecified atom stereocenters. The van der Waals surface area contributed by atoms with Crippen LogP contribution in [0.1, 0.15) is 57.8 Å². The normalized spacial score (nSPS) is 17.6. The van der Waals surface area contributed by atoms with Crippen LogP contribution in [0, 0.1) is 0 Å². The summed E-state index contributed by atoms with van der Waals surface area (Å²) in [5.74, 6) is 0.916. The lowest BCUT2D eigenvalue weighted by Gasteiger charge is -2.22. The number of hydrogen-bond acceptors (Lipinski definition) is 5. The van der Waals surface area contributed by atoms with E-state index in [1.54, 1.807) is 4.90 Å². The number of likely N-dealkylation sites (tertiary alicyclic amines) is 1. The summed E-state index contributed by atoms with van der Waals surface area (Å²) in [5.41, 5.74) is 0. The lowest BCUT2D eigenvalue weighted by Crippen LogP contribution is -2.39. The third kappa shape index (κ3) is 4.67. The van der Waals surface area contributed by atoms with Gasteiger partial charge in [-0.3, -0.25) is 4.79 Å². The summed E-state index contributed by atoms with van der Waals surface area (Å²) >= 11 is 0. The van der Waals surface area contributed by atoms with Crippen LogP contribution < -0.4 is 10.6 Å². The van der Waals surface area contributed by atoms with Crippen molar-refractivity contribution in [3.63, 3.8) is 0 Å². The number of carbonyl (C=O) groups is 2. The number of nitrogens with one attached hydrogen (secondary N) is 2. The molecule has 128 valence electrons. The summed E-state index contributed by atoms with van der Waals surface area (Å²) in [6.07, 6.45) is 2.45. The minimum atomic E-state index is -0.149. The Labute approximate surface area is 136 Å². The smallest absolute Gasteiger partial charge is 0.318 e. The Morgan fingerprint density at radius 3 is 2.91 bits per heavy atom. The van der Waals surface area contributed by atoms with E-state index >= 15 is 0 Å². The molecule has 23 heavy (non-hydrogen) atoms. The van der Waals surface area contributed by atoms with Gasteiger partial charge in [0.25, 0.3) is 0 Å². The second-order valence-corrected chi connectivity index (χ2v) is 5.96. The van der Waals surface area contributed by atoms with E-state index in [1.807, 2.05) is 20.8 Å². The molecule has 0 spiro atoms. The molecule has 0 saturated carbocycles. The first-order valence-corrected chi connectivity index (χ1v) is 8.17. The van der Waals surface area contributed by atoms with E-state index in [0.717, 1.165) is 12.8 Å². The zero-order valence-electron chi connectivity index (χ0n) is 14.0. The molecular formula is C15H25N5O3. The minimum absolute atomic E-state index is 0.0374. The Kier molecular flexibility index (Phi) is 5.95. The SMILES string of the molecule is CCNC(=O)N1CCCC1c1noc(CCC(=O)NC(C)C)n1. The van der Waals surface area contributed by atoms with Crippen molar-refractivity contribution in [3.05, 3.63) is 11.7 Å². The summed E-state index contributed by atoms with van der Waals surface area (Å²) < 4.78 is 5.22. The molecule has 0 bridgehead atoms. The first-order valence-electron chi connectivity index (χ1n) is 8.17. The van der Waals surface area contributed by atoms with Gasteiger partial charge in [0.1, 0.15) is 0 Å². The first kappa shape index (κ1) is 17.2. The van der Waals surface area contributed by atoms with Crippen molar-refractivity contribution in [3.8, 4) is 0 Å². The van der Waals surface area contributed by atoms with Gasteiger partial charge in [0.15, 0.2) is 5.82 Å². The highest BCUT2D eigenvalue weighted by atomic mass is 16.5. The number of aryl methyl sites for hydroxylation is 1. The van der Waals surface area contributed by atoms with Crippen molar-refractivity contribution >= 4 is 11.9 Å². The van der Waals surface area contributed by atoms with Crippen LogP contribution in [0.2, 0.25) is 0 Å². The maximum absolute atomic E-state index is 12.0. The van der Waals surface area contributed by atoms with E-state index in [-0.39, 0.29) is 24.0 Å². The molecule has 2 rings (SSSR count). The predicted molar refractivity (Wildman–Crippen MR) is 83.7 cm³/mol. The van der Waals surface area contributed by atoms with Crippen molar-refractivity contribution in [2.24, 2.45) is 0 Å². The Hall–Kier alpha value is -2.12. The molecule has 2 N–H and O–H groups in total. The molecule has 1 fully saturated rings. The Balaban J connectivity index is 1.93. The maximum atomic E-state index is 12.0. The number of nitrogens with zero attached hydrogens (tertiary/aromatic N) is 3. The van der Waals surface area contributed by atoms with Crippen LogP contribution in [0.5, 0.6) is 0 Å². The topological polar surface area (TPSA) is 100 Å². The molecule has 1 aromatic heterocycles. The van der Waals surface area contributed by atoms with Crippen LogP contribution in [0.15, 0.2) is 4.52 Å². The molecule has 1 aliphatic rings. The predicted octanol–water partition coefficient (Wildman–Crippen LogP) is 1.39. The van der Waals surface area contributed by atoms with Gasteiger partial charge in [-0.05, 0) is 33.6 Å². The maximum Gasteiger partial charge on any atom is 0.318 e. The van der Waals surface area contributed by atoms with Gasteiger partial charge < -0.3 is 20.1 Å². The van der Waals surface area contributed by atoms with Crippen LogP contribution in [0.3, 0.4) is 0 Å². The second kappa shape index (κ2) is 7.94. The number of hydrogen-bond donors (Lipinski definition) is 2. The molecule has 1 atom stereocenters. The van der Waals surface area contributed by atoms with Crippen molar-refractivity contribution < 1.29 is 14.1 Å². The fourth-order valence-electron chi connectivity index (χ4n) is 2.65. The lowest BCUT2D eigenvalue weighted by molar-refractivity contribution is -0.121. The lowest BCUT2D eigenvalue weighted by atomic mass is 10.2. The summed E-state index contributed by atoms with van der Waals surface area (Å²) in [5, 5.41) is 9.61. The molecule has 0 aliphatic carbocycles. The highest BCUT2D eigenvalue weighted by Gasteiger charge is 2.33. The van der Waals surface area contributed by atoms with E-state index in [9.17, 15) is 9.59 Å². The number of urea groups is 1. The largest absolute Gasteiger partial charge is 0.354 e. The Bertz CT molecular complexity index is 543. The zero-order valence-corrected chi connectivity index (χ0v) is 14.0. The average molecular weight is 323 g/mol. The van der Waals surface area contributed by atoms with Gasteiger partial charge in [0, 0.05) is 32.0 Å². The third-order valence-corrected chi connectivity index (χ3v) is 3.64. The average Bonchev–Trinajstić information content (AvgIpc) is 3.13. The van der Waals surface area contributed by atoms with Gasteiger partial charge in [-0.1, -0.05) is 5.16 Å². The monoisotopic (exact) mass is 323 g/mol. The highest BCUT2D eigenvalue weighted by Crippen LogP contribution is 2.30. The fraction of sp³-hybridized carbons (Fsp3) is 0.733. The molecule has 0 aromatic carbocycles. The molecule has 8 nitrogen and oxygen atoms in total. The van der Waals surface area contributed by atoms with E-state index in [2.05, 4.69) is 20.8 Å². The van der Waals surface area contributed by atoms with Crippen LogP contribution in [0.4, 0.5) is 4.79 Å². The molecular weight excluding hydrogens is 298 g/mol. The summed E-state index contributed by atoms with van der Waals surface area (Å²) in [6, 6.07) is -0.133. The van der Waals surface area contributed by atoms with Gasteiger partial charge >= 0.3 is 6.03 Å². The highest BCUT2D eigenvalue weighted by molar-refractivity contribution is 5.76. The fourth-order valence-corrected chi connectivity index (χ4v) is 2.65. The number of aromatic nitrogens is 2. The van der Waals surface area contributed by atoms with Crippen LogP contribution in [-0.2, 0) is 11.2 Å². The number of amides is 3. The van der Waals surface area contributed by atoms with Crippen molar-refractivity contribution in [1.82, 2.24) is 25.7 Å². The summed E-state index contributed by atoms with van der Waals surface area (Å²) in [7, 11) is 0. The quantitative estimate of drug-likeness (QED) is 0.824. The number of rotatable bonds is 6. The molecule has 1 aromatic rings. The molecule has 2 heterocycles. The van der Waals surface area contributed by atoms with Crippen molar-refractivity contribution in [1.29, 1.82) is 0 Å². The standard InChI is InChI=1S/C15H25N5O3/c1-4-16-15(22)20-9-5-6-11(20)14-18-13(23-19-14)8-7-12(21)17-10(2)3/h10-11H,4-9H2,1-3H3,(H,16,22)(H,17,21). The molecule has 1 aliphatic heterocycles. The second-order valence-electron chi connectivity index (χ2n) is 5.96. The zero-order chi connectivity index (χ0) is 16.8.